The minimum Gasteiger partial charge on any atom is -0.384 e. The van der Waals surface area contributed by atoms with Crippen LogP contribution in [0.25, 0.3) is 0 Å². The van der Waals surface area contributed by atoms with Crippen molar-refractivity contribution >= 4 is 11.5 Å². The van der Waals surface area contributed by atoms with Crippen molar-refractivity contribution in [1.29, 1.82) is 5.41 Å². The Morgan fingerprint density at radius 1 is 1.50 bits per heavy atom. The summed E-state index contributed by atoms with van der Waals surface area (Å²) in [4.78, 5) is 2.36. The van der Waals surface area contributed by atoms with Gasteiger partial charge in [0.2, 0.25) is 0 Å². The van der Waals surface area contributed by atoms with Crippen LogP contribution in [0.1, 0.15) is 30.9 Å². The molecule has 0 bridgehead atoms. The Morgan fingerprint density at radius 2 is 2.25 bits per heavy atom. The number of amidine groups is 1. The predicted molar refractivity (Wildman–Crippen MR) is 68.2 cm³/mol. The Labute approximate surface area is 96.8 Å². The average Bonchev–Trinajstić information content (AvgIpc) is 2.64. The summed E-state index contributed by atoms with van der Waals surface area (Å²) >= 11 is 0. The fraction of sp³-hybridized carbons (Fsp3) is 0.462. The fourth-order valence-corrected chi connectivity index (χ4v) is 2.41. The normalized spacial score (nSPS) is 20.1. The van der Waals surface area contributed by atoms with Gasteiger partial charge in [-0.05, 0) is 38.8 Å². The highest BCUT2D eigenvalue weighted by molar-refractivity contribution is 6.00. The highest BCUT2D eigenvalue weighted by Gasteiger charge is 2.23. The van der Waals surface area contributed by atoms with E-state index < -0.39 is 0 Å². The van der Waals surface area contributed by atoms with E-state index in [1.807, 2.05) is 13.0 Å². The van der Waals surface area contributed by atoms with E-state index in [9.17, 15) is 0 Å². The molecular formula is C13H19N3. The van der Waals surface area contributed by atoms with E-state index in [-0.39, 0.29) is 5.84 Å². The number of nitrogens with one attached hydrogen (secondary N) is 1. The summed E-state index contributed by atoms with van der Waals surface area (Å²) in [5.74, 6) is 0.165. The summed E-state index contributed by atoms with van der Waals surface area (Å²) in [5, 5.41) is 7.65. The van der Waals surface area contributed by atoms with Crippen LogP contribution in [-0.2, 0) is 0 Å². The standard InChI is InChI=1S/C13H19N3/c1-9-5-6-12(11(8-9)13(14)15)16-7-3-4-10(16)2/h5-6,8,10H,3-4,7H2,1-2H3,(H3,14,15). The third kappa shape index (κ3) is 1.90. The lowest BCUT2D eigenvalue weighted by atomic mass is 10.1. The molecule has 0 spiro atoms. The second-order valence-electron chi connectivity index (χ2n) is 4.62. The largest absolute Gasteiger partial charge is 0.384 e. The van der Waals surface area contributed by atoms with Gasteiger partial charge in [0, 0.05) is 23.8 Å². The van der Waals surface area contributed by atoms with Crippen molar-refractivity contribution in [1.82, 2.24) is 0 Å². The first-order chi connectivity index (χ1) is 7.59. The first-order valence-electron chi connectivity index (χ1n) is 5.81. The van der Waals surface area contributed by atoms with Crippen LogP contribution in [0.15, 0.2) is 18.2 Å². The number of hydrogen-bond acceptors (Lipinski definition) is 2. The number of aryl methyl sites for hydroxylation is 1. The quantitative estimate of drug-likeness (QED) is 0.590. The second kappa shape index (κ2) is 4.16. The van der Waals surface area contributed by atoms with Crippen LogP contribution in [0.5, 0.6) is 0 Å². The zero-order valence-corrected chi connectivity index (χ0v) is 9.96. The van der Waals surface area contributed by atoms with E-state index in [0.29, 0.717) is 6.04 Å². The third-order valence-corrected chi connectivity index (χ3v) is 3.30. The maximum Gasteiger partial charge on any atom is 0.124 e. The minimum atomic E-state index is 0.165. The van der Waals surface area contributed by atoms with Crippen LogP contribution in [0.4, 0.5) is 5.69 Å². The van der Waals surface area contributed by atoms with Crippen molar-refractivity contribution in [2.24, 2.45) is 5.73 Å². The minimum absolute atomic E-state index is 0.165. The summed E-state index contributed by atoms with van der Waals surface area (Å²) in [6, 6.07) is 6.74. The number of rotatable bonds is 2. The Hall–Kier alpha value is -1.51. The smallest absolute Gasteiger partial charge is 0.124 e. The summed E-state index contributed by atoms with van der Waals surface area (Å²) in [6.45, 7) is 5.34. The van der Waals surface area contributed by atoms with Gasteiger partial charge in [0.15, 0.2) is 0 Å². The molecule has 16 heavy (non-hydrogen) atoms. The molecule has 1 unspecified atom stereocenters. The molecule has 0 aromatic heterocycles. The molecule has 1 saturated heterocycles. The number of anilines is 1. The van der Waals surface area contributed by atoms with Gasteiger partial charge < -0.3 is 10.6 Å². The lowest BCUT2D eigenvalue weighted by Crippen LogP contribution is -2.29. The van der Waals surface area contributed by atoms with Crippen LogP contribution < -0.4 is 10.6 Å². The van der Waals surface area contributed by atoms with Crippen molar-refractivity contribution in [3.8, 4) is 0 Å². The monoisotopic (exact) mass is 217 g/mol. The summed E-state index contributed by atoms with van der Waals surface area (Å²) in [7, 11) is 0. The van der Waals surface area contributed by atoms with E-state index in [1.54, 1.807) is 0 Å². The molecule has 3 heteroatoms. The van der Waals surface area contributed by atoms with Gasteiger partial charge in [-0.2, -0.15) is 0 Å². The van der Waals surface area contributed by atoms with Crippen LogP contribution in [0.2, 0.25) is 0 Å². The van der Waals surface area contributed by atoms with Gasteiger partial charge in [-0.1, -0.05) is 11.6 Å². The second-order valence-corrected chi connectivity index (χ2v) is 4.62. The van der Waals surface area contributed by atoms with Crippen molar-refractivity contribution in [3.05, 3.63) is 29.3 Å². The molecule has 3 nitrogen and oxygen atoms in total. The zero-order valence-electron chi connectivity index (χ0n) is 9.96. The molecule has 1 aromatic carbocycles. The number of hydrogen-bond donors (Lipinski definition) is 2. The van der Waals surface area contributed by atoms with Crippen LogP contribution in [0.3, 0.4) is 0 Å². The first-order valence-corrected chi connectivity index (χ1v) is 5.81. The SMILES string of the molecule is Cc1ccc(N2CCCC2C)c(C(=N)N)c1. The topological polar surface area (TPSA) is 53.1 Å². The molecule has 86 valence electrons. The molecular weight excluding hydrogens is 198 g/mol. The summed E-state index contributed by atoms with van der Waals surface area (Å²) in [6.07, 6.45) is 2.46. The molecule has 2 rings (SSSR count). The molecule has 1 aliphatic heterocycles. The Balaban J connectivity index is 2.43. The predicted octanol–water partition coefficient (Wildman–Crippen LogP) is 2.27. The molecule has 0 saturated carbocycles. The molecule has 1 heterocycles. The van der Waals surface area contributed by atoms with Gasteiger partial charge >= 0.3 is 0 Å². The molecule has 1 aliphatic rings. The summed E-state index contributed by atoms with van der Waals surface area (Å²) in [5.41, 5.74) is 8.79. The van der Waals surface area contributed by atoms with Gasteiger partial charge in [-0.3, -0.25) is 5.41 Å². The number of benzene rings is 1. The Kier molecular flexibility index (Phi) is 2.86. The molecule has 3 N–H and O–H groups in total. The summed E-state index contributed by atoms with van der Waals surface area (Å²) < 4.78 is 0. The maximum atomic E-state index is 7.65. The molecule has 1 fully saturated rings. The van der Waals surface area contributed by atoms with Gasteiger partial charge in [0.25, 0.3) is 0 Å². The van der Waals surface area contributed by atoms with E-state index in [0.717, 1.165) is 23.4 Å². The fourth-order valence-electron chi connectivity index (χ4n) is 2.41. The van der Waals surface area contributed by atoms with E-state index in [2.05, 4.69) is 24.0 Å². The lowest BCUT2D eigenvalue weighted by Gasteiger charge is -2.26. The number of nitrogens with zero attached hydrogens (tertiary/aromatic N) is 1. The molecule has 0 radical (unpaired) electrons. The molecule has 1 atom stereocenters. The molecule has 1 aromatic rings. The third-order valence-electron chi connectivity index (χ3n) is 3.30. The van der Waals surface area contributed by atoms with Crippen molar-refractivity contribution in [3.63, 3.8) is 0 Å². The van der Waals surface area contributed by atoms with Crippen molar-refractivity contribution in [2.45, 2.75) is 32.7 Å². The van der Waals surface area contributed by atoms with Crippen LogP contribution in [-0.4, -0.2) is 18.4 Å². The highest BCUT2D eigenvalue weighted by Crippen LogP contribution is 2.28. The van der Waals surface area contributed by atoms with Gasteiger partial charge in [0.05, 0.1) is 0 Å². The van der Waals surface area contributed by atoms with Crippen LogP contribution >= 0.6 is 0 Å². The zero-order chi connectivity index (χ0) is 11.7. The van der Waals surface area contributed by atoms with Gasteiger partial charge in [-0.15, -0.1) is 0 Å². The van der Waals surface area contributed by atoms with E-state index >= 15 is 0 Å². The maximum absolute atomic E-state index is 7.65. The van der Waals surface area contributed by atoms with Crippen LogP contribution in [0, 0.1) is 12.3 Å². The van der Waals surface area contributed by atoms with Gasteiger partial charge in [0.1, 0.15) is 5.84 Å². The average molecular weight is 217 g/mol. The lowest BCUT2D eigenvalue weighted by molar-refractivity contribution is 0.734. The molecule has 0 aliphatic carbocycles. The van der Waals surface area contributed by atoms with Gasteiger partial charge in [-0.25, -0.2) is 0 Å². The number of nitrogen functional groups attached to an aromatic ring is 1. The first kappa shape index (κ1) is 11.0. The Morgan fingerprint density at radius 3 is 2.81 bits per heavy atom. The highest BCUT2D eigenvalue weighted by atomic mass is 15.2. The van der Waals surface area contributed by atoms with Crippen molar-refractivity contribution in [2.75, 3.05) is 11.4 Å². The van der Waals surface area contributed by atoms with E-state index in [1.165, 1.54) is 12.8 Å². The van der Waals surface area contributed by atoms with Crippen molar-refractivity contribution < 1.29 is 0 Å². The Bertz CT molecular complexity index is 412. The molecule has 0 amide bonds. The number of nitrogens with two attached hydrogens (primary N) is 1. The van der Waals surface area contributed by atoms with E-state index in [4.69, 9.17) is 11.1 Å².